The first kappa shape index (κ1) is 18.3. The maximum absolute atomic E-state index is 12.6. The predicted molar refractivity (Wildman–Crippen MR) is 90.4 cm³/mol. The van der Waals surface area contributed by atoms with Crippen LogP contribution in [0.4, 0.5) is 4.79 Å². The number of carbonyl (C=O) groups is 2. The number of methoxy groups -OCH3 is 1. The van der Waals surface area contributed by atoms with E-state index in [0.717, 1.165) is 11.1 Å². The number of fused-ring (bicyclic) bond motifs is 1. The summed E-state index contributed by atoms with van der Waals surface area (Å²) in [6, 6.07) is 8.00. The Morgan fingerprint density at radius 2 is 1.75 bits per heavy atom. The second kappa shape index (κ2) is 7.66. The summed E-state index contributed by atoms with van der Waals surface area (Å²) in [5.74, 6) is -0.0897. The number of nitrogens with zero attached hydrogens (tertiary/aromatic N) is 2. The largest absolute Gasteiger partial charge is 0.444 e. The summed E-state index contributed by atoms with van der Waals surface area (Å²) in [4.78, 5) is 28.1. The molecule has 6 nitrogen and oxygen atoms in total. The molecule has 1 aliphatic heterocycles. The molecule has 0 aromatic heterocycles. The van der Waals surface area contributed by atoms with E-state index in [9.17, 15) is 9.59 Å². The summed E-state index contributed by atoms with van der Waals surface area (Å²) < 4.78 is 10.4. The van der Waals surface area contributed by atoms with Crippen molar-refractivity contribution in [1.82, 2.24) is 9.80 Å². The van der Waals surface area contributed by atoms with Crippen LogP contribution in [0.15, 0.2) is 24.3 Å². The highest BCUT2D eigenvalue weighted by molar-refractivity contribution is 5.83. The number of rotatable bonds is 5. The van der Waals surface area contributed by atoms with Gasteiger partial charge in [-0.15, -0.1) is 0 Å². The van der Waals surface area contributed by atoms with Gasteiger partial charge in [0.2, 0.25) is 5.91 Å². The van der Waals surface area contributed by atoms with Crippen molar-refractivity contribution in [3.63, 3.8) is 0 Å². The summed E-state index contributed by atoms with van der Waals surface area (Å²) in [7, 11) is 1.56. The van der Waals surface area contributed by atoms with E-state index < -0.39 is 11.7 Å². The molecule has 0 spiro atoms. The van der Waals surface area contributed by atoms with Crippen LogP contribution in [0.25, 0.3) is 0 Å². The van der Waals surface area contributed by atoms with E-state index in [1.807, 2.05) is 24.3 Å². The molecule has 1 aromatic carbocycles. The number of hydrogen-bond donors (Lipinski definition) is 0. The molecule has 1 aromatic rings. The van der Waals surface area contributed by atoms with Crippen LogP contribution < -0.4 is 0 Å². The quantitative estimate of drug-likeness (QED) is 0.830. The summed E-state index contributed by atoms with van der Waals surface area (Å²) in [6.07, 6.45) is -0.496. The molecular weight excluding hydrogens is 308 g/mol. The molecule has 0 radical (unpaired) electrons. The lowest BCUT2D eigenvalue weighted by molar-refractivity contribution is -0.133. The van der Waals surface area contributed by atoms with Crippen molar-refractivity contribution in [2.45, 2.75) is 39.5 Å². The Bertz CT molecular complexity index is 570. The van der Waals surface area contributed by atoms with E-state index in [2.05, 4.69) is 0 Å². The van der Waals surface area contributed by atoms with Crippen LogP contribution in [0.3, 0.4) is 0 Å². The van der Waals surface area contributed by atoms with Gasteiger partial charge in [-0.1, -0.05) is 24.3 Å². The summed E-state index contributed by atoms with van der Waals surface area (Å²) in [5.41, 5.74) is 1.72. The van der Waals surface area contributed by atoms with Crippen LogP contribution in [0.5, 0.6) is 0 Å². The minimum atomic E-state index is -0.602. The van der Waals surface area contributed by atoms with Gasteiger partial charge in [0, 0.05) is 26.7 Å². The first-order chi connectivity index (χ1) is 11.3. The molecule has 2 rings (SSSR count). The Labute approximate surface area is 143 Å². The Kier molecular flexibility index (Phi) is 5.83. The zero-order chi connectivity index (χ0) is 17.7. The highest BCUT2D eigenvalue weighted by Crippen LogP contribution is 2.22. The van der Waals surface area contributed by atoms with Gasteiger partial charge in [-0.05, 0) is 31.9 Å². The van der Waals surface area contributed by atoms with Gasteiger partial charge in [0.05, 0.1) is 6.61 Å². The number of carbonyl (C=O) groups excluding carboxylic acids is 2. The molecule has 0 saturated heterocycles. The van der Waals surface area contributed by atoms with Crippen LogP contribution in [0.1, 0.15) is 31.9 Å². The molecule has 24 heavy (non-hydrogen) atoms. The van der Waals surface area contributed by atoms with Gasteiger partial charge in [0.15, 0.2) is 0 Å². The van der Waals surface area contributed by atoms with E-state index in [-0.39, 0.29) is 12.5 Å². The molecule has 2 amide bonds. The maximum Gasteiger partial charge on any atom is 0.410 e. The first-order valence-electron chi connectivity index (χ1n) is 8.11. The number of hydrogen-bond acceptors (Lipinski definition) is 4. The molecule has 0 N–H and O–H groups in total. The highest BCUT2D eigenvalue weighted by atomic mass is 16.6. The molecule has 0 aliphatic carbocycles. The Hall–Kier alpha value is -2.08. The van der Waals surface area contributed by atoms with Crippen molar-refractivity contribution in [2.75, 3.05) is 26.8 Å². The molecule has 1 aliphatic rings. The zero-order valence-corrected chi connectivity index (χ0v) is 14.9. The molecular formula is C18H26N2O4. The van der Waals surface area contributed by atoms with Crippen LogP contribution in [0, 0.1) is 0 Å². The average molecular weight is 334 g/mol. The second-order valence-electron chi connectivity index (χ2n) is 6.91. The number of benzene rings is 1. The van der Waals surface area contributed by atoms with Crippen molar-refractivity contribution in [3.05, 3.63) is 35.4 Å². The second-order valence-corrected chi connectivity index (χ2v) is 6.91. The molecule has 0 bridgehead atoms. The lowest BCUT2D eigenvalue weighted by Gasteiger charge is -2.28. The molecule has 0 saturated carbocycles. The van der Waals surface area contributed by atoms with Crippen molar-refractivity contribution in [3.8, 4) is 0 Å². The van der Waals surface area contributed by atoms with E-state index in [4.69, 9.17) is 9.47 Å². The van der Waals surface area contributed by atoms with Gasteiger partial charge in [-0.3, -0.25) is 9.69 Å². The molecule has 0 fully saturated rings. The van der Waals surface area contributed by atoms with E-state index in [1.54, 1.807) is 32.8 Å². The van der Waals surface area contributed by atoms with Gasteiger partial charge in [-0.25, -0.2) is 4.79 Å². The fraction of sp³-hybridized carbons (Fsp3) is 0.556. The minimum absolute atomic E-state index is 0.00768. The van der Waals surface area contributed by atoms with Gasteiger partial charge in [-0.2, -0.15) is 0 Å². The van der Waals surface area contributed by atoms with Gasteiger partial charge in [0.1, 0.15) is 12.1 Å². The Morgan fingerprint density at radius 3 is 2.25 bits per heavy atom. The van der Waals surface area contributed by atoms with Crippen LogP contribution >= 0.6 is 0 Å². The number of amides is 2. The van der Waals surface area contributed by atoms with Crippen LogP contribution in [0.2, 0.25) is 0 Å². The van der Waals surface area contributed by atoms with Crippen molar-refractivity contribution in [1.29, 1.82) is 0 Å². The topological polar surface area (TPSA) is 59.1 Å². The third-order valence-corrected chi connectivity index (χ3v) is 3.74. The molecule has 0 unspecified atom stereocenters. The van der Waals surface area contributed by atoms with E-state index in [1.165, 1.54) is 4.90 Å². The summed E-state index contributed by atoms with van der Waals surface area (Å²) in [5, 5.41) is 0. The molecule has 1 heterocycles. The van der Waals surface area contributed by atoms with E-state index >= 15 is 0 Å². The summed E-state index contributed by atoms with van der Waals surface area (Å²) >= 11 is 0. The smallest absolute Gasteiger partial charge is 0.410 e. The first-order valence-corrected chi connectivity index (χ1v) is 8.11. The molecule has 6 heteroatoms. The van der Waals surface area contributed by atoms with Crippen molar-refractivity contribution < 1.29 is 19.1 Å². The third-order valence-electron chi connectivity index (χ3n) is 3.74. The Morgan fingerprint density at radius 1 is 1.17 bits per heavy atom. The van der Waals surface area contributed by atoms with Crippen LogP contribution in [-0.4, -0.2) is 54.2 Å². The van der Waals surface area contributed by atoms with Gasteiger partial charge >= 0.3 is 6.09 Å². The number of ether oxygens (including phenoxy) is 2. The minimum Gasteiger partial charge on any atom is -0.444 e. The molecule has 0 atom stereocenters. The maximum atomic E-state index is 12.6. The monoisotopic (exact) mass is 334 g/mol. The van der Waals surface area contributed by atoms with Gasteiger partial charge in [0.25, 0.3) is 0 Å². The SMILES string of the molecule is COCCN(CC(=O)N1Cc2ccccc2C1)C(=O)OC(C)(C)C. The Balaban J connectivity index is 1.98. The normalized spacial score (nSPS) is 13.6. The zero-order valence-electron chi connectivity index (χ0n) is 14.9. The standard InChI is InChI=1S/C18H26N2O4/c1-18(2,3)24-17(22)19(9-10-23-4)13-16(21)20-11-14-7-5-6-8-15(14)12-20/h5-8H,9-13H2,1-4H3. The lowest BCUT2D eigenvalue weighted by Crippen LogP contribution is -2.44. The van der Waals surface area contributed by atoms with E-state index in [0.29, 0.717) is 26.2 Å². The fourth-order valence-electron chi connectivity index (χ4n) is 2.54. The lowest BCUT2D eigenvalue weighted by atomic mass is 10.1. The van der Waals surface area contributed by atoms with Crippen LogP contribution in [-0.2, 0) is 27.4 Å². The average Bonchev–Trinajstić information content (AvgIpc) is 2.93. The molecule has 132 valence electrons. The third kappa shape index (κ3) is 4.96. The van der Waals surface area contributed by atoms with Crippen molar-refractivity contribution in [2.24, 2.45) is 0 Å². The van der Waals surface area contributed by atoms with Gasteiger partial charge < -0.3 is 14.4 Å². The predicted octanol–water partition coefficient (Wildman–Crippen LogP) is 2.41. The highest BCUT2D eigenvalue weighted by Gasteiger charge is 2.28. The summed E-state index contributed by atoms with van der Waals surface area (Å²) in [6.45, 7) is 7.24. The fourth-order valence-corrected chi connectivity index (χ4v) is 2.54. The van der Waals surface area contributed by atoms with Crippen molar-refractivity contribution >= 4 is 12.0 Å².